The summed E-state index contributed by atoms with van der Waals surface area (Å²) in [5.74, 6) is 0.682. The SMILES string of the molecule is C=CC(c1ccc(OC)cc1)S(=O)(=O)NCc1ccccc1. The van der Waals surface area contributed by atoms with Crippen LogP contribution >= 0.6 is 0 Å². The number of sulfonamides is 1. The zero-order valence-electron chi connectivity index (χ0n) is 12.4. The van der Waals surface area contributed by atoms with Crippen molar-refractivity contribution in [3.8, 4) is 5.75 Å². The number of methoxy groups -OCH3 is 1. The third kappa shape index (κ3) is 3.96. The van der Waals surface area contributed by atoms with Gasteiger partial charge < -0.3 is 4.74 Å². The van der Waals surface area contributed by atoms with E-state index < -0.39 is 15.3 Å². The van der Waals surface area contributed by atoms with Gasteiger partial charge in [0.2, 0.25) is 10.0 Å². The van der Waals surface area contributed by atoms with Gasteiger partial charge in [0.1, 0.15) is 11.0 Å². The van der Waals surface area contributed by atoms with Crippen LogP contribution in [0.1, 0.15) is 16.4 Å². The Bertz CT molecular complexity index is 709. The van der Waals surface area contributed by atoms with Crippen molar-refractivity contribution in [2.45, 2.75) is 11.8 Å². The third-order valence-electron chi connectivity index (χ3n) is 3.31. The molecule has 1 N–H and O–H groups in total. The van der Waals surface area contributed by atoms with Gasteiger partial charge in [0.25, 0.3) is 0 Å². The van der Waals surface area contributed by atoms with Crippen molar-refractivity contribution in [2.75, 3.05) is 7.11 Å². The molecule has 2 rings (SSSR count). The summed E-state index contributed by atoms with van der Waals surface area (Å²) in [5, 5.41) is -0.804. The molecule has 0 aliphatic carbocycles. The molecule has 0 spiro atoms. The Hall–Kier alpha value is -2.11. The minimum absolute atomic E-state index is 0.254. The zero-order chi connectivity index (χ0) is 16.0. The standard InChI is InChI=1S/C17H19NO3S/c1-3-17(15-9-11-16(21-2)12-10-15)22(19,20)18-13-14-7-5-4-6-8-14/h3-12,17-18H,1,13H2,2H3. The van der Waals surface area contributed by atoms with E-state index in [4.69, 9.17) is 4.74 Å². The van der Waals surface area contributed by atoms with Gasteiger partial charge in [-0.2, -0.15) is 0 Å². The second kappa shape index (κ2) is 7.24. The lowest BCUT2D eigenvalue weighted by molar-refractivity contribution is 0.414. The molecule has 0 aliphatic heterocycles. The van der Waals surface area contributed by atoms with E-state index in [1.165, 1.54) is 6.08 Å². The van der Waals surface area contributed by atoms with Crippen LogP contribution in [0.5, 0.6) is 5.75 Å². The molecule has 5 heteroatoms. The highest BCUT2D eigenvalue weighted by atomic mass is 32.2. The van der Waals surface area contributed by atoms with Crippen LogP contribution < -0.4 is 9.46 Å². The van der Waals surface area contributed by atoms with Crippen molar-refractivity contribution in [3.05, 3.63) is 78.4 Å². The van der Waals surface area contributed by atoms with Crippen molar-refractivity contribution in [3.63, 3.8) is 0 Å². The molecular weight excluding hydrogens is 298 g/mol. The fourth-order valence-corrected chi connectivity index (χ4v) is 3.42. The largest absolute Gasteiger partial charge is 0.497 e. The fourth-order valence-electron chi connectivity index (χ4n) is 2.11. The Labute approximate surface area is 131 Å². The Morgan fingerprint density at radius 2 is 1.77 bits per heavy atom. The van der Waals surface area contributed by atoms with Gasteiger partial charge in [0.15, 0.2) is 0 Å². The average molecular weight is 317 g/mol. The molecule has 2 aromatic rings. The van der Waals surface area contributed by atoms with Gasteiger partial charge in [-0.1, -0.05) is 48.5 Å². The van der Waals surface area contributed by atoms with Crippen LogP contribution in [0.3, 0.4) is 0 Å². The second-order valence-electron chi connectivity index (χ2n) is 4.78. The molecule has 22 heavy (non-hydrogen) atoms. The molecule has 0 saturated carbocycles. The number of hydrogen-bond donors (Lipinski definition) is 1. The van der Waals surface area contributed by atoms with E-state index in [0.717, 1.165) is 5.56 Å². The normalized spacial score (nSPS) is 12.6. The van der Waals surface area contributed by atoms with Crippen molar-refractivity contribution >= 4 is 10.0 Å². The van der Waals surface area contributed by atoms with E-state index in [1.807, 2.05) is 30.3 Å². The summed E-state index contributed by atoms with van der Waals surface area (Å²) >= 11 is 0. The minimum Gasteiger partial charge on any atom is -0.497 e. The predicted octanol–water partition coefficient (Wildman–Crippen LogP) is 3.04. The molecule has 0 radical (unpaired) electrons. The van der Waals surface area contributed by atoms with Crippen molar-refractivity contribution < 1.29 is 13.2 Å². The molecule has 0 saturated heterocycles. The monoisotopic (exact) mass is 317 g/mol. The summed E-state index contributed by atoms with van der Waals surface area (Å²) in [6, 6.07) is 16.3. The summed E-state index contributed by atoms with van der Waals surface area (Å²) in [7, 11) is -1.98. The van der Waals surface area contributed by atoms with Crippen molar-refractivity contribution in [2.24, 2.45) is 0 Å². The maximum atomic E-state index is 12.5. The first-order valence-corrected chi connectivity index (χ1v) is 8.40. The van der Waals surface area contributed by atoms with Crippen LogP contribution in [0.2, 0.25) is 0 Å². The molecule has 1 unspecified atom stereocenters. The average Bonchev–Trinajstić information content (AvgIpc) is 2.55. The molecule has 4 nitrogen and oxygen atoms in total. The van der Waals surface area contributed by atoms with Gasteiger partial charge >= 0.3 is 0 Å². The first kappa shape index (κ1) is 16.3. The molecule has 1 atom stereocenters. The first-order chi connectivity index (χ1) is 10.6. The van der Waals surface area contributed by atoms with Crippen LogP contribution in [-0.4, -0.2) is 15.5 Å². The van der Waals surface area contributed by atoms with Gasteiger partial charge in [-0.3, -0.25) is 0 Å². The van der Waals surface area contributed by atoms with E-state index in [2.05, 4.69) is 11.3 Å². The molecular formula is C17H19NO3S. The van der Waals surface area contributed by atoms with E-state index in [9.17, 15) is 8.42 Å². The van der Waals surface area contributed by atoms with Gasteiger partial charge in [-0.05, 0) is 23.3 Å². The third-order valence-corrected chi connectivity index (χ3v) is 4.99. The summed E-state index contributed by atoms with van der Waals surface area (Å²) in [6.45, 7) is 3.90. The van der Waals surface area contributed by atoms with Gasteiger partial charge in [0.05, 0.1) is 7.11 Å². The van der Waals surface area contributed by atoms with Crippen LogP contribution in [0.25, 0.3) is 0 Å². The first-order valence-electron chi connectivity index (χ1n) is 6.85. The molecule has 0 bridgehead atoms. The molecule has 0 heterocycles. The highest BCUT2D eigenvalue weighted by Crippen LogP contribution is 2.25. The van der Waals surface area contributed by atoms with Crippen LogP contribution in [0.15, 0.2) is 67.3 Å². The summed E-state index contributed by atoms with van der Waals surface area (Å²) in [6.07, 6.45) is 1.43. The van der Waals surface area contributed by atoms with E-state index in [1.54, 1.807) is 31.4 Å². The number of nitrogens with one attached hydrogen (secondary N) is 1. The van der Waals surface area contributed by atoms with Crippen molar-refractivity contribution in [1.29, 1.82) is 0 Å². The summed E-state index contributed by atoms with van der Waals surface area (Å²) < 4.78 is 32.7. The predicted molar refractivity (Wildman–Crippen MR) is 88.1 cm³/mol. The quantitative estimate of drug-likeness (QED) is 0.799. The van der Waals surface area contributed by atoms with E-state index >= 15 is 0 Å². The maximum Gasteiger partial charge on any atom is 0.222 e. The lowest BCUT2D eigenvalue weighted by atomic mass is 10.1. The number of ether oxygens (including phenoxy) is 1. The Balaban J connectivity index is 2.15. The summed E-state index contributed by atoms with van der Waals surface area (Å²) in [5.41, 5.74) is 1.56. The van der Waals surface area contributed by atoms with Gasteiger partial charge in [0, 0.05) is 6.54 Å². The number of benzene rings is 2. The zero-order valence-corrected chi connectivity index (χ0v) is 13.2. The molecule has 0 fully saturated rings. The Kier molecular flexibility index (Phi) is 5.35. The van der Waals surface area contributed by atoms with E-state index in [-0.39, 0.29) is 6.54 Å². The smallest absolute Gasteiger partial charge is 0.222 e. The van der Waals surface area contributed by atoms with Crippen LogP contribution in [0.4, 0.5) is 0 Å². The lowest BCUT2D eigenvalue weighted by Gasteiger charge is -2.15. The van der Waals surface area contributed by atoms with Gasteiger partial charge in [-0.15, -0.1) is 6.58 Å². The molecule has 0 amide bonds. The molecule has 116 valence electrons. The van der Waals surface area contributed by atoms with Gasteiger partial charge in [-0.25, -0.2) is 13.1 Å². The fraction of sp³-hybridized carbons (Fsp3) is 0.176. The molecule has 0 aliphatic rings. The highest BCUT2D eigenvalue weighted by Gasteiger charge is 2.23. The highest BCUT2D eigenvalue weighted by molar-refractivity contribution is 7.89. The van der Waals surface area contributed by atoms with Crippen LogP contribution in [0, 0.1) is 0 Å². The second-order valence-corrected chi connectivity index (χ2v) is 6.67. The van der Waals surface area contributed by atoms with Crippen molar-refractivity contribution in [1.82, 2.24) is 4.72 Å². The Morgan fingerprint density at radius 1 is 1.14 bits per heavy atom. The topological polar surface area (TPSA) is 55.4 Å². The lowest BCUT2D eigenvalue weighted by Crippen LogP contribution is -2.28. The number of hydrogen-bond acceptors (Lipinski definition) is 3. The maximum absolute atomic E-state index is 12.5. The molecule has 0 aromatic heterocycles. The molecule has 2 aromatic carbocycles. The summed E-state index contributed by atoms with van der Waals surface area (Å²) in [4.78, 5) is 0. The minimum atomic E-state index is -3.55. The van der Waals surface area contributed by atoms with Crippen LogP contribution in [-0.2, 0) is 16.6 Å². The van der Waals surface area contributed by atoms with E-state index in [0.29, 0.717) is 11.3 Å². The Morgan fingerprint density at radius 3 is 2.32 bits per heavy atom. The number of rotatable bonds is 7.